The van der Waals surface area contributed by atoms with Gasteiger partial charge in [0.2, 0.25) is 0 Å². The van der Waals surface area contributed by atoms with E-state index in [0.717, 1.165) is 11.1 Å². The fourth-order valence-electron chi connectivity index (χ4n) is 2.33. The minimum atomic E-state index is -0.314. The van der Waals surface area contributed by atoms with E-state index < -0.39 is 0 Å². The van der Waals surface area contributed by atoms with Crippen LogP contribution in [0.2, 0.25) is 10.0 Å². The SMILES string of the molecule is CCOc1cc(Cl)c(C(N)c2cccc(C)c2C)cc1Cl. The molecule has 0 fully saturated rings. The molecule has 0 aliphatic heterocycles. The molecule has 0 radical (unpaired) electrons. The largest absolute Gasteiger partial charge is 0.492 e. The topological polar surface area (TPSA) is 35.2 Å². The highest BCUT2D eigenvalue weighted by molar-refractivity contribution is 6.34. The maximum Gasteiger partial charge on any atom is 0.139 e. The zero-order valence-electron chi connectivity index (χ0n) is 12.4. The Balaban J connectivity index is 2.46. The van der Waals surface area contributed by atoms with E-state index in [-0.39, 0.29) is 6.04 Å². The minimum absolute atomic E-state index is 0.314. The zero-order valence-corrected chi connectivity index (χ0v) is 13.9. The summed E-state index contributed by atoms with van der Waals surface area (Å²) in [6.45, 7) is 6.57. The Kier molecular flexibility index (Phi) is 5.15. The number of rotatable bonds is 4. The van der Waals surface area contributed by atoms with Crippen molar-refractivity contribution in [3.63, 3.8) is 0 Å². The molecule has 0 aromatic heterocycles. The normalized spacial score (nSPS) is 12.3. The third-order valence-corrected chi connectivity index (χ3v) is 4.29. The van der Waals surface area contributed by atoms with Gasteiger partial charge in [0.25, 0.3) is 0 Å². The minimum Gasteiger partial charge on any atom is -0.492 e. The molecule has 0 aliphatic carbocycles. The van der Waals surface area contributed by atoms with Crippen LogP contribution in [0, 0.1) is 13.8 Å². The number of halogens is 2. The molecule has 0 bridgehead atoms. The summed E-state index contributed by atoms with van der Waals surface area (Å²) in [6.07, 6.45) is 0. The Morgan fingerprint density at radius 2 is 1.81 bits per heavy atom. The summed E-state index contributed by atoms with van der Waals surface area (Å²) < 4.78 is 5.44. The van der Waals surface area contributed by atoms with Crippen LogP contribution in [0.4, 0.5) is 0 Å². The van der Waals surface area contributed by atoms with Gasteiger partial charge >= 0.3 is 0 Å². The van der Waals surface area contributed by atoms with Gasteiger partial charge in [-0.3, -0.25) is 0 Å². The number of nitrogens with two attached hydrogens (primary N) is 1. The molecule has 2 rings (SSSR count). The van der Waals surface area contributed by atoms with Gasteiger partial charge in [0.1, 0.15) is 5.75 Å². The summed E-state index contributed by atoms with van der Waals surface area (Å²) in [5.41, 5.74) is 10.6. The molecule has 0 saturated heterocycles. The zero-order chi connectivity index (χ0) is 15.6. The predicted octanol–water partition coefficient (Wildman–Crippen LogP) is 5.06. The van der Waals surface area contributed by atoms with Crippen LogP contribution in [0.3, 0.4) is 0 Å². The summed E-state index contributed by atoms with van der Waals surface area (Å²) in [4.78, 5) is 0. The molecule has 112 valence electrons. The molecular formula is C17H19Cl2NO. The van der Waals surface area contributed by atoms with E-state index in [9.17, 15) is 0 Å². The van der Waals surface area contributed by atoms with Gasteiger partial charge in [-0.1, -0.05) is 41.4 Å². The van der Waals surface area contributed by atoms with Crippen LogP contribution in [0.25, 0.3) is 0 Å². The van der Waals surface area contributed by atoms with Crippen molar-refractivity contribution in [1.29, 1.82) is 0 Å². The lowest BCUT2D eigenvalue weighted by atomic mass is 9.93. The van der Waals surface area contributed by atoms with Crippen molar-refractivity contribution >= 4 is 23.2 Å². The summed E-state index contributed by atoms with van der Waals surface area (Å²) in [5, 5.41) is 1.09. The van der Waals surface area contributed by atoms with Crippen LogP contribution in [0.1, 0.15) is 35.2 Å². The summed E-state index contributed by atoms with van der Waals surface area (Å²) in [6, 6.07) is 9.30. The predicted molar refractivity (Wildman–Crippen MR) is 89.6 cm³/mol. The number of ether oxygens (including phenoxy) is 1. The number of aryl methyl sites for hydroxylation is 1. The van der Waals surface area contributed by atoms with Gasteiger partial charge in [-0.15, -0.1) is 0 Å². The molecule has 1 atom stereocenters. The Morgan fingerprint density at radius 1 is 1.10 bits per heavy atom. The highest BCUT2D eigenvalue weighted by Gasteiger charge is 2.18. The van der Waals surface area contributed by atoms with Crippen LogP contribution in [-0.4, -0.2) is 6.61 Å². The summed E-state index contributed by atoms with van der Waals surface area (Å²) >= 11 is 12.6. The van der Waals surface area contributed by atoms with Gasteiger partial charge in [-0.2, -0.15) is 0 Å². The third-order valence-electron chi connectivity index (χ3n) is 3.67. The molecule has 0 saturated carbocycles. The molecule has 2 nitrogen and oxygen atoms in total. The number of hydrogen-bond donors (Lipinski definition) is 1. The van der Waals surface area contributed by atoms with Gasteiger partial charge < -0.3 is 10.5 Å². The number of benzene rings is 2. The first-order valence-electron chi connectivity index (χ1n) is 6.89. The Morgan fingerprint density at radius 3 is 2.48 bits per heavy atom. The molecule has 2 N–H and O–H groups in total. The maximum atomic E-state index is 6.40. The van der Waals surface area contributed by atoms with E-state index in [0.29, 0.717) is 22.4 Å². The van der Waals surface area contributed by atoms with E-state index >= 15 is 0 Å². The number of hydrogen-bond acceptors (Lipinski definition) is 2. The smallest absolute Gasteiger partial charge is 0.139 e. The quantitative estimate of drug-likeness (QED) is 0.853. The Hall–Kier alpha value is -1.22. The second kappa shape index (κ2) is 6.69. The van der Waals surface area contributed by atoms with Crippen LogP contribution in [0.5, 0.6) is 5.75 Å². The fourth-order valence-corrected chi connectivity index (χ4v) is 2.82. The first-order valence-corrected chi connectivity index (χ1v) is 7.64. The molecular weight excluding hydrogens is 305 g/mol. The van der Waals surface area contributed by atoms with Crippen molar-refractivity contribution in [2.24, 2.45) is 5.73 Å². The Labute approximate surface area is 135 Å². The van der Waals surface area contributed by atoms with Gasteiger partial charge in [-0.25, -0.2) is 0 Å². The van der Waals surface area contributed by atoms with Crippen LogP contribution < -0.4 is 10.5 Å². The molecule has 4 heteroatoms. The van der Waals surface area contributed by atoms with Crippen molar-refractivity contribution in [2.75, 3.05) is 6.61 Å². The third kappa shape index (κ3) is 3.34. The van der Waals surface area contributed by atoms with Crippen molar-refractivity contribution in [2.45, 2.75) is 26.8 Å². The lowest BCUT2D eigenvalue weighted by Gasteiger charge is -2.19. The van der Waals surface area contributed by atoms with Crippen molar-refractivity contribution in [3.05, 3.63) is 62.6 Å². The molecule has 0 spiro atoms. The first kappa shape index (κ1) is 16.2. The van der Waals surface area contributed by atoms with E-state index in [1.54, 1.807) is 12.1 Å². The van der Waals surface area contributed by atoms with E-state index in [2.05, 4.69) is 19.9 Å². The van der Waals surface area contributed by atoms with Crippen molar-refractivity contribution < 1.29 is 4.74 Å². The second-order valence-electron chi connectivity index (χ2n) is 5.00. The highest BCUT2D eigenvalue weighted by Crippen LogP contribution is 2.36. The van der Waals surface area contributed by atoms with E-state index in [1.807, 2.05) is 19.1 Å². The van der Waals surface area contributed by atoms with Crippen molar-refractivity contribution in [3.8, 4) is 5.75 Å². The molecule has 21 heavy (non-hydrogen) atoms. The molecule has 2 aromatic carbocycles. The van der Waals surface area contributed by atoms with E-state index in [1.165, 1.54) is 11.1 Å². The molecule has 2 aromatic rings. The van der Waals surface area contributed by atoms with Gasteiger partial charge in [0, 0.05) is 11.1 Å². The average molecular weight is 324 g/mol. The van der Waals surface area contributed by atoms with Gasteiger partial charge in [-0.05, 0) is 49.1 Å². The molecule has 1 unspecified atom stereocenters. The lowest BCUT2D eigenvalue weighted by molar-refractivity contribution is 0.340. The second-order valence-corrected chi connectivity index (χ2v) is 5.82. The summed E-state index contributed by atoms with van der Waals surface area (Å²) in [5.74, 6) is 0.584. The first-order chi connectivity index (χ1) is 9.95. The lowest BCUT2D eigenvalue weighted by Crippen LogP contribution is -2.14. The van der Waals surface area contributed by atoms with Gasteiger partial charge in [0.05, 0.1) is 17.7 Å². The standard InChI is InChI=1S/C17H19Cl2NO/c1-4-21-16-9-14(18)13(8-15(16)19)17(20)12-7-5-6-10(2)11(12)3/h5-9,17H,4,20H2,1-3H3. The van der Waals surface area contributed by atoms with Crippen LogP contribution in [0.15, 0.2) is 30.3 Å². The van der Waals surface area contributed by atoms with Crippen LogP contribution >= 0.6 is 23.2 Å². The van der Waals surface area contributed by atoms with Crippen molar-refractivity contribution in [1.82, 2.24) is 0 Å². The fraction of sp³-hybridized carbons (Fsp3) is 0.294. The maximum absolute atomic E-state index is 6.40. The highest BCUT2D eigenvalue weighted by atomic mass is 35.5. The molecule has 0 aliphatic rings. The monoisotopic (exact) mass is 323 g/mol. The molecule has 0 amide bonds. The summed E-state index contributed by atoms with van der Waals surface area (Å²) in [7, 11) is 0. The molecule has 0 heterocycles. The average Bonchev–Trinajstić information content (AvgIpc) is 2.45. The van der Waals surface area contributed by atoms with Crippen LogP contribution in [-0.2, 0) is 0 Å². The van der Waals surface area contributed by atoms with E-state index in [4.69, 9.17) is 33.7 Å². The Bertz CT molecular complexity index is 655. The van der Waals surface area contributed by atoms with Gasteiger partial charge in [0.15, 0.2) is 0 Å².